The number of pyridine rings is 1. The number of nitrogens with one attached hydrogen (secondary N) is 2. The number of hydrazine groups is 1. The maximum atomic E-state index is 6.18. The summed E-state index contributed by atoms with van der Waals surface area (Å²) >= 11 is 12.2. The van der Waals surface area contributed by atoms with E-state index in [1.54, 1.807) is 6.07 Å². The number of halogens is 2. The summed E-state index contributed by atoms with van der Waals surface area (Å²) in [5, 5.41) is 4.38. The molecule has 1 heterocycles. The van der Waals surface area contributed by atoms with Gasteiger partial charge in [0, 0.05) is 6.04 Å². The second-order valence-corrected chi connectivity index (χ2v) is 6.13. The van der Waals surface area contributed by atoms with Gasteiger partial charge in [-0.15, -0.1) is 0 Å². The van der Waals surface area contributed by atoms with E-state index in [1.807, 2.05) is 0 Å². The molecule has 4 nitrogen and oxygen atoms in total. The van der Waals surface area contributed by atoms with Crippen LogP contribution in [0.4, 0.5) is 11.6 Å². The van der Waals surface area contributed by atoms with Crippen molar-refractivity contribution in [2.75, 3.05) is 10.7 Å². The lowest BCUT2D eigenvalue weighted by Gasteiger charge is -2.35. The minimum absolute atomic E-state index is 0.389. The van der Waals surface area contributed by atoms with Gasteiger partial charge in [-0.25, -0.2) is 10.8 Å². The molecule has 0 bridgehead atoms. The molecule has 1 saturated carbocycles. The SMILES string of the molecule is CC1CCCC(Nc2nc(NN)c(Cl)cc2Cl)C1C. The van der Waals surface area contributed by atoms with Crippen LogP contribution in [0.15, 0.2) is 6.07 Å². The minimum Gasteiger partial charge on any atom is -0.366 e. The van der Waals surface area contributed by atoms with E-state index in [0.29, 0.717) is 39.6 Å². The molecule has 3 atom stereocenters. The molecule has 106 valence electrons. The lowest BCUT2D eigenvalue weighted by atomic mass is 9.78. The molecule has 0 spiro atoms. The third kappa shape index (κ3) is 3.25. The smallest absolute Gasteiger partial charge is 0.161 e. The summed E-state index contributed by atoms with van der Waals surface area (Å²) in [6.07, 6.45) is 3.66. The molecule has 1 fully saturated rings. The van der Waals surface area contributed by atoms with Crippen LogP contribution in [-0.4, -0.2) is 11.0 Å². The molecule has 2 rings (SSSR count). The van der Waals surface area contributed by atoms with Crippen LogP contribution < -0.4 is 16.6 Å². The van der Waals surface area contributed by atoms with Crippen molar-refractivity contribution in [3.8, 4) is 0 Å². The van der Waals surface area contributed by atoms with Gasteiger partial charge in [-0.2, -0.15) is 0 Å². The molecule has 1 aromatic heterocycles. The molecule has 3 unspecified atom stereocenters. The third-order valence-corrected chi connectivity index (χ3v) is 4.67. The first kappa shape index (κ1) is 14.7. The van der Waals surface area contributed by atoms with Crippen molar-refractivity contribution in [2.24, 2.45) is 17.7 Å². The van der Waals surface area contributed by atoms with Crippen molar-refractivity contribution in [3.05, 3.63) is 16.1 Å². The van der Waals surface area contributed by atoms with Gasteiger partial charge >= 0.3 is 0 Å². The van der Waals surface area contributed by atoms with Crippen molar-refractivity contribution in [2.45, 2.75) is 39.2 Å². The molecule has 4 N–H and O–H groups in total. The van der Waals surface area contributed by atoms with Gasteiger partial charge in [-0.3, -0.25) is 0 Å². The van der Waals surface area contributed by atoms with Gasteiger partial charge < -0.3 is 10.7 Å². The Bertz CT molecular complexity index is 453. The van der Waals surface area contributed by atoms with Gasteiger partial charge in [-0.05, 0) is 24.3 Å². The third-order valence-electron chi connectivity index (χ3n) is 4.10. The lowest BCUT2D eigenvalue weighted by Crippen LogP contribution is -2.35. The standard InChI is InChI=1S/C13H20Cl2N4/c1-7-4-3-5-11(8(7)2)17-12-9(14)6-10(15)13(18-12)19-16/h6-8,11H,3-5,16H2,1-2H3,(H2,17,18,19). The van der Waals surface area contributed by atoms with Gasteiger partial charge in [0.05, 0.1) is 10.0 Å². The van der Waals surface area contributed by atoms with E-state index >= 15 is 0 Å². The second-order valence-electron chi connectivity index (χ2n) is 5.31. The molecule has 19 heavy (non-hydrogen) atoms. The fourth-order valence-corrected chi connectivity index (χ4v) is 3.10. The van der Waals surface area contributed by atoms with Crippen LogP contribution >= 0.6 is 23.2 Å². The number of hydrogen-bond acceptors (Lipinski definition) is 4. The number of aromatic nitrogens is 1. The number of nitrogens with two attached hydrogens (primary N) is 1. The van der Waals surface area contributed by atoms with Crippen LogP contribution in [0.5, 0.6) is 0 Å². The topological polar surface area (TPSA) is 63.0 Å². The fourth-order valence-electron chi connectivity index (χ4n) is 2.63. The first-order chi connectivity index (χ1) is 9.02. The Balaban J connectivity index is 2.18. The molecule has 0 aromatic carbocycles. The van der Waals surface area contributed by atoms with Crippen LogP contribution in [0.1, 0.15) is 33.1 Å². The molecule has 0 aliphatic heterocycles. The number of nitrogens with zero attached hydrogens (tertiary/aromatic N) is 1. The average molecular weight is 303 g/mol. The molecule has 6 heteroatoms. The molecule has 1 aliphatic carbocycles. The molecule has 0 radical (unpaired) electrons. The first-order valence-corrected chi connectivity index (χ1v) is 7.37. The van der Waals surface area contributed by atoms with Crippen LogP contribution in [-0.2, 0) is 0 Å². The molecule has 1 aliphatic rings. The van der Waals surface area contributed by atoms with Crippen LogP contribution in [0, 0.1) is 11.8 Å². The van der Waals surface area contributed by atoms with E-state index < -0.39 is 0 Å². The van der Waals surface area contributed by atoms with E-state index in [4.69, 9.17) is 29.0 Å². The summed E-state index contributed by atoms with van der Waals surface area (Å²) in [5.74, 6) is 7.77. The lowest BCUT2D eigenvalue weighted by molar-refractivity contribution is 0.253. The number of nitrogen functional groups attached to an aromatic ring is 1. The highest BCUT2D eigenvalue weighted by Gasteiger charge is 2.27. The first-order valence-electron chi connectivity index (χ1n) is 6.62. The molecule has 0 saturated heterocycles. The largest absolute Gasteiger partial charge is 0.366 e. The maximum Gasteiger partial charge on any atom is 0.161 e. The minimum atomic E-state index is 0.389. The number of rotatable bonds is 3. The Hall–Kier alpha value is -0.710. The van der Waals surface area contributed by atoms with E-state index in [1.165, 1.54) is 12.8 Å². The zero-order valence-electron chi connectivity index (χ0n) is 11.2. The monoisotopic (exact) mass is 302 g/mol. The van der Waals surface area contributed by atoms with Crippen molar-refractivity contribution in [1.82, 2.24) is 4.98 Å². The predicted octanol–water partition coefficient (Wildman–Crippen LogP) is 3.91. The van der Waals surface area contributed by atoms with E-state index in [9.17, 15) is 0 Å². The molecule has 1 aromatic rings. The highest BCUT2D eigenvalue weighted by Crippen LogP contribution is 2.34. The van der Waals surface area contributed by atoms with Gasteiger partial charge in [0.1, 0.15) is 5.82 Å². The molecule has 0 amide bonds. The van der Waals surface area contributed by atoms with Gasteiger partial charge in [0.15, 0.2) is 5.82 Å². The van der Waals surface area contributed by atoms with E-state index in [0.717, 1.165) is 6.42 Å². The summed E-state index contributed by atoms with van der Waals surface area (Å²) in [6.45, 7) is 4.57. The Morgan fingerprint density at radius 3 is 2.58 bits per heavy atom. The zero-order chi connectivity index (χ0) is 14.0. The predicted molar refractivity (Wildman–Crippen MR) is 81.7 cm³/mol. The van der Waals surface area contributed by atoms with Crippen LogP contribution in [0.3, 0.4) is 0 Å². The van der Waals surface area contributed by atoms with Crippen molar-refractivity contribution in [3.63, 3.8) is 0 Å². The van der Waals surface area contributed by atoms with Crippen molar-refractivity contribution in [1.29, 1.82) is 0 Å². The van der Waals surface area contributed by atoms with E-state index in [2.05, 4.69) is 29.6 Å². The summed E-state index contributed by atoms with van der Waals surface area (Å²) in [6, 6.07) is 2.05. The highest BCUT2D eigenvalue weighted by atomic mass is 35.5. The Kier molecular flexibility index (Phi) is 4.76. The highest BCUT2D eigenvalue weighted by molar-refractivity contribution is 6.37. The van der Waals surface area contributed by atoms with Crippen molar-refractivity contribution >= 4 is 34.8 Å². The number of hydrogen-bond donors (Lipinski definition) is 3. The van der Waals surface area contributed by atoms with Gasteiger partial charge in [0.2, 0.25) is 0 Å². The van der Waals surface area contributed by atoms with E-state index in [-0.39, 0.29) is 0 Å². The van der Waals surface area contributed by atoms with Crippen molar-refractivity contribution < 1.29 is 0 Å². The normalized spacial score (nSPS) is 27.1. The molecular weight excluding hydrogens is 283 g/mol. The average Bonchev–Trinajstić information content (AvgIpc) is 2.38. The quantitative estimate of drug-likeness (QED) is 0.585. The van der Waals surface area contributed by atoms with Crippen LogP contribution in [0.2, 0.25) is 10.0 Å². The Morgan fingerprint density at radius 2 is 1.89 bits per heavy atom. The van der Waals surface area contributed by atoms with Gasteiger partial charge in [-0.1, -0.05) is 49.9 Å². The second kappa shape index (κ2) is 6.16. The molecular formula is C13H20Cl2N4. The number of anilines is 2. The maximum absolute atomic E-state index is 6.18. The summed E-state index contributed by atoms with van der Waals surface area (Å²) < 4.78 is 0. The summed E-state index contributed by atoms with van der Waals surface area (Å²) in [5.41, 5.74) is 2.48. The Morgan fingerprint density at radius 1 is 1.21 bits per heavy atom. The van der Waals surface area contributed by atoms with Crippen LogP contribution in [0.25, 0.3) is 0 Å². The Labute approximate surface area is 124 Å². The summed E-state index contributed by atoms with van der Waals surface area (Å²) in [7, 11) is 0. The zero-order valence-corrected chi connectivity index (χ0v) is 12.7. The van der Waals surface area contributed by atoms with Gasteiger partial charge in [0.25, 0.3) is 0 Å². The fraction of sp³-hybridized carbons (Fsp3) is 0.615. The summed E-state index contributed by atoms with van der Waals surface area (Å²) in [4.78, 5) is 4.33.